The first kappa shape index (κ1) is 14.2. The lowest BCUT2D eigenvalue weighted by atomic mass is 10.1. The first-order chi connectivity index (χ1) is 9.60. The van der Waals surface area contributed by atoms with Gasteiger partial charge in [-0.1, -0.05) is 23.9 Å². The molecule has 20 heavy (non-hydrogen) atoms. The minimum Gasteiger partial charge on any atom is -0.392 e. The molecular weight excluding hydrogens is 281 g/mol. The predicted molar refractivity (Wildman–Crippen MR) is 72.7 cm³/mol. The van der Waals surface area contributed by atoms with E-state index >= 15 is 0 Å². The lowest BCUT2D eigenvalue weighted by molar-refractivity contribution is 0.276. The second kappa shape index (κ2) is 5.86. The lowest BCUT2D eigenvalue weighted by Gasteiger charge is -2.06. The molecule has 0 aliphatic heterocycles. The number of aliphatic hydroxyl groups is 1. The highest BCUT2D eigenvalue weighted by Gasteiger charge is 2.14. The molecule has 0 spiro atoms. The van der Waals surface area contributed by atoms with Gasteiger partial charge in [0.15, 0.2) is 5.16 Å². The van der Waals surface area contributed by atoms with Gasteiger partial charge in [0.05, 0.1) is 12.3 Å². The lowest BCUT2D eigenvalue weighted by Crippen LogP contribution is -2.14. The third-order valence-corrected chi connectivity index (χ3v) is 3.28. The Bertz CT molecular complexity index is 752. The number of hydrogen-bond acceptors (Lipinski definition) is 5. The maximum absolute atomic E-state index is 13.7. The van der Waals surface area contributed by atoms with E-state index in [0.717, 1.165) is 6.07 Å². The molecule has 2 rings (SSSR count). The monoisotopic (exact) mass is 291 g/mol. The van der Waals surface area contributed by atoms with Crippen LogP contribution in [-0.4, -0.2) is 21.3 Å². The van der Waals surface area contributed by atoms with Gasteiger partial charge in [0.1, 0.15) is 17.4 Å². The minimum atomic E-state index is -0.610. The number of aromatic nitrogens is 2. The first-order valence-corrected chi connectivity index (χ1v) is 6.81. The Labute approximate surface area is 118 Å². The van der Waals surface area contributed by atoms with E-state index in [2.05, 4.69) is 9.97 Å². The summed E-state index contributed by atoms with van der Waals surface area (Å²) in [7, 11) is 0. The Morgan fingerprint density at radius 2 is 2.30 bits per heavy atom. The number of halogens is 1. The maximum Gasteiger partial charge on any atom is 0.270 e. The molecule has 0 bridgehead atoms. The standard InChI is InChI=1S/C13H10FN3O2S/c1-20-13-16-11(9(5-15)12(19)17-13)7-2-3-8(6-18)10(14)4-7/h2-4,18H,6H2,1H3,(H,16,17,19). The number of thioether (sulfide) groups is 1. The highest BCUT2D eigenvalue weighted by atomic mass is 32.2. The normalized spacial score (nSPS) is 10.3. The number of H-pyrrole nitrogens is 1. The van der Waals surface area contributed by atoms with E-state index in [4.69, 9.17) is 10.4 Å². The number of benzene rings is 1. The van der Waals surface area contributed by atoms with Crippen LogP contribution in [-0.2, 0) is 6.61 Å². The summed E-state index contributed by atoms with van der Waals surface area (Å²) in [5, 5.41) is 18.3. The summed E-state index contributed by atoms with van der Waals surface area (Å²) in [5.74, 6) is -0.610. The molecule has 2 aromatic rings. The van der Waals surface area contributed by atoms with Crippen LogP contribution in [0.4, 0.5) is 4.39 Å². The second-order valence-corrected chi connectivity index (χ2v) is 4.67. The zero-order chi connectivity index (χ0) is 14.7. The van der Waals surface area contributed by atoms with Crippen molar-refractivity contribution in [3.05, 3.63) is 45.5 Å². The van der Waals surface area contributed by atoms with Crippen LogP contribution >= 0.6 is 11.8 Å². The van der Waals surface area contributed by atoms with Gasteiger partial charge in [-0.3, -0.25) is 4.79 Å². The van der Waals surface area contributed by atoms with Gasteiger partial charge in [-0.25, -0.2) is 9.37 Å². The second-order valence-electron chi connectivity index (χ2n) is 3.87. The zero-order valence-electron chi connectivity index (χ0n) is 10.5. The summed E-state index contributed by atoms with van der Waals surface area (Å²) >= 11 is 1.21. The quantitative estimate of drug-likeness (QED) is 0.663. The van der Waals surface area contributed by atoms with Gasteiger partial charge in [-0.15, -0.1) is 0 Å². The van der Waals surface area contributed by atoms with Gasteiger partial charge in [-0.2, -0.15) is 5.26 Å². The fourth-order valence-electron chi connectivity index (χ4n) is 1.68. The number of nitrogens with zero attached hydrogens (tertiary/aromatic N) is 2. The molecule has 0 fully saturated rings. The molecule has 0 saturated carbocycles. The fourth-order valence-corrected chi connectivity index (χ4v) is 2.06. The zero-order valence-corrected chi connectivity index (χ0v) is 11.3. The van der Waals surface area contributed by atoms with Crippen LogP contribution in [0.1, 0.15) is 11.1 Å². The Morgan fingerprint density at radius 3 is 2.85 bits per heavy atom. The maximum atomic E-state index is 13.7. The number of hydrogen-bond donors (Lipinski definition) is 2. The fraction of sp³-hybridized carbons (Fsp3) is 0.154. The molecule has 0 amide bonds. The molecule has 1 heterocycles. The molecule has 2 N–H and O–H groups in total. The molecule has 5 nitrogen and oxygen atoms in total. The van der Waals surface area contributed by atoms with Crippen molar-refractivity contribution in [1.29, 1.82) is 5.26 Å². The van der Waals surface area contributed by atoms with Gasteiger partial charge in [0.2, 0.25) is 0 Å². The van der Waals surface area contributed by atoms with Crippen molar-refractivity contribution < 1.29 is 9.50 Å². The van der Waals surface area contributed by atoms with Crippen molar-refractivity contribution in [3.8, 4) is 17.3 Å². The molecule has 0 saturated heterocycles. The topological polar surface area (TPSA) is 89.8 Å². The minimum absolute atomic E-state index is 0.129. The van der Waals surface area contributed by atoms with Crippen molar-refractivity contribution in [1.82, 2.24) is 9.97 Å². The van der Waals surface area contributed by atoms with E-state index in [9.17, 15) is 9.18 Å². The van der Waals surface area contributed by atoms with Crippen LogP contribution in [0.3, 0.4) is 0 Å². The molecule has 0 aliphatic rings. The van der Waals surface area contributed by atoms with Crippen LogP contribution in [0.15, 0.2) is 28.2 Å². The van der Waals surface area contributed by atoms with Gasteiger partial charge in [0, 0.05) is 11.1 Å². The van der Waals surface area contributed by atoms with Crippen LogP contribution in [0, 0.1) is 17.1 Å². The number of rotatable bonds is 3. The van der Waals surface area contributed by atoms with Crippen LogP contribution in [0.5, 0.6) is 0 Å². The van der Waals surface area contributed by atoms with Crippen molar-refractivity contribution in [2.45, 2.75) is 11.8 Å². The largest absolute Gasteiger partial charge is 0.392 e. The molecule has 0 unspecified atom stereocenters. The average Bonchev–Trinajstić information content (AvgIpc) is 2.46. The molecule has 1 aromatic carbocycles. The van der Waals surface area contributed by atoms with Gasteiger partial charge < -0.3 is 10.1 Å². The molecule has 102 valence electrons. The van der Waals surface area contributed by atoms with E-state index in [1.807, 2.05) is 0 Å². The van der Waals surface area contributed by atoms with Crippen molar-refractivity contribution in [2.75, 3.05) is 6.26 Å². The van der Waals surface area contributed by atoms with Crippen molar-refractivity contribution >= 4 is 11.8 Å². The number of nitrogens with one attached hydrogen (secondary N) is 1. The van der Waals surface area contributed by atoms with E-state index < -0.39 is 18.0 Å². The summed E-state index contributed by atoms with van der Waals surface area (Å²) in [6.45, 7) is -0.421. The summed E-state index contributed by atoms with van der Waals surface area (Å²) in [4.78, 5) is 18.4. The van der Waals surface area contributed by atoms with Gasteiger partial charge in [0.25, 0.3) is 5.56 Å². The SMILES string of the molecule is CSc1nc(-c2ccc(CO)c(F)c2)c(C#N)c(=O)[nH]1. The molecule has 0 aliphatic carbocycles. The van der Waals surface area contributed by atoms with E-state index in [0.29, 0.717) is 10.7 Å². The number of aliphatic hydroxyl groups excluding tert-OH is 1. The van der Waals surface area contributed by atoms with E-state index in [1.165, 1.54) is 23.9 Å². The third kappa shape index (κ3) is 2.57. The highest BCUT2D eigenvalue weighted by molar-refractivity contribution is 7.98. The smallest absolute Gasteiger partial charge is 0.270 e. The molecular formula is C13H10FN3O2S. The van der Waals surface area contributed by atoms with Crippen molar-refractivity contribution in [3.63, 3.8) is 0 Å². The summed E-state index contributed by atoms with van der Waals surface area (Å²) in [6.07, 6.45) is 1.73. The first-order valence-electron chi connectivity index (χ1n) is 5.58. The predicted octanol–water partition coefficient (Wildman–Crippen LogP) is 1.66. The summed E-state index contributed by atoms with van der Waals surface area (Å²) < 4.78 is 13.7. The Morgan fingerprint density at radius 1 is 1.55 bits per heavy atom. The summed E-state index contributed by atoms with van der Waals surface area (Å²) in [6, 6.07) is 5.84. The Balaban J connectivity index is 2.68. The molecule has 0 atom stereocenters. The molecule has 1 aromatic heterocycles. The van der Waals surface area contributed by atoms with Crippen LogP contribution < -0.4 is 5.56 Å². The Hall–Kier alpha value is -2.17. The van der Waals surface area contributed by atoms with Crippen LogP contribution in [0.25, 0.3) is 11.3 Å². The molecule has 0 radical (unpaired) electrons. The number of aromatic amines is 1. The average molecular weight is 291 g/mol. The van der Waals surface area contributed by atoms with Gasteiger partial charge in [-0.05, 0) is 12.3 Å². The third-order valence-electron chi connectivity index (χ3n) is 2.70. The van der Waals surface area contributed by atoms with E-state index in [1.54, 1.807) is 12.3 Å². The number of nitriles is 1. The molecule has 7 heteroatoms. The van der Waals surface area contributed by atoms with Crippen LogP contribution in [0.2, 0.25) is 0 Å². The van der Waals surface area contributed by atoms with Crippen molar-refractivity contribution in [2.24, 2.45) is 0 Å². The summed E-state index contributed by atoms with van der Waals surface area (Å²) in [5.41, 5.74) is -0.142. The van der Waals surface area contributed by atoms with E-state index in [-0.39, 0.29) is 16.8 Å². The highest BCUT2D eigenvalue weighted by Crippen LogP contribution is 2.23. The Kier molecular flexibility index (Phi) is 4.17. The van der Waals surface area contributed by atoms with Gasteiger partial charge >= 0.3 is 0 Å².